The summed E-state index contributed by atoms with van der Waals surface area (Å²) in [6.07, 6.45) is 5.09. The van der Waals surface area contributed by atoms with Crippen LogP contribution in [0.3, 0.4) is 0 Å². The van der Waals surface area contributed by atoms with Gasteiger partial charge in [-0.15, -0.1) is 0 Å². The lowest BCUT2D eigenvalue weighted by Crippen LogP contribution is -2.18. The molecular formula is C12H20N4O. The number of aliphatic hydroxyl groups excluding tert-OH is 1. The standard InChI is InChI=1S/C12H20N4O/c1-9-7-14-11(13-2)16-10(9)15-8-12(3-4-12)5-6-17/h7,17H,3-6,8H2,1-2H3,(H2,13,14,15,16). The molecule has 1 heterocycles. The summed E-state index contributed by atoms with van der Waals surface area (Å²) in [6, 6.07) is 0. The van der Waals surface area contributed by atoms with Crippen LogP contribution in [0.15, 0.2) is 6.20 Å². The van der Waals surface area contributed by atoms with Crippen LogP contribution in [0.5, 0.6) is 0 Å². The molecule has 1 aromatic heterocycles. The third-order valence-corrected chi connectivity index (χ3v) is 3.43. The molecule has 0 unspecified atom stereocenters. The molecule has 1 fully saturated rings. The van der Waals surface area contributed by atoms with E-state index in [2.05, 4.69) is 20.6 Å². The Morgan fingerprint density at radius 2 is 2.24 bits per heavy atom. The van der Waals surface area contributed by atoms with Gasteiger partial charge in [0.15, 0.2) is 0 Å². The average Bonchev–Trinajstić information content (AvgIpc) is 3.09. The molecule has 5 heteroatoms. The smallest absolute Gasteiger partial charge is 0.224 e. The van der Waals surface area contributed by atoms with Gasteiger partial charge in [0, 0.05) is 32.0 Å². The maximum absolute atomic E-state index is 9.01. The van der Waals surface area contributed by atoms with Crippen molar-refractivity contribution in [3.63, 3.8) is 0 Å². The Morgan fingerprint density at radius 1 is 1.47 bits per heavy atom. The number of hydrogen-bond acceptors (Lipinski definition) is 5. The topological polar surface area (TPSA) is 70.1 Å². The molecule has 1 aromatic rings. The van der Waals surface area contributed by atoms with Crippen molar-refractivity contribution in [1.82, 2.24) is 9.97 Å². The van der Waals surface area contributed by atoms with E-state index in [0.29, 0.717) is 11.4 Å². The highest BCUT2D eigenvalue weighted by Crippen LogP contribution is 2.48. The fraction of sp³-hybridized carbons (Fsp3) is 0.667. The van der Waals surface area contributed by atoms with E-state index in [1.165, 1.54) is 12.8 Å². The number of rotatable bonds is 6. The Kier molecular flexibility index (Phi) is 3.47. The zero-order valence-corrected chi connectivity index (χ0v) is 10.5. The predicted octanol–water partition coefficient (Wildman–Crippen LogP) is 1.40. The third kappa shape index (κ3) is 2.85. The van der Waals surface area contributed by atoms with Crippen LogP contribution in [0.4, 0.5) is 11.8 Å². The van der Waals surface area contributed by atoms with E-state index in [4.69, 9.17) is 5.11 Å². The fourth-order valence-electron chi connectivity index (χ4n) is 1.94. The van der Waals surface area contributed by atoms with Gasteiger partial charge in [-0.3, -0.25) is 0 Å². The SMILES string of the molecule is CNc1ncc(C)c(NCC2(CCO)CC2)n1. The highest BCUT2D eigenvalue weighted by atomic mass is 16.3. The Bertz CT molecular complexity index is 390. The molecule has 0 atom stereocenters. The number of aryl methyl sites for hydroxylation is 1. The summed E-state index contributed by atoms with van der Waals surface area (Å²) >= 11 is 0. The molecule has 5 nitrogen and oxygen atoms in total. The van der Waals surface area contributed by atoms with E-state index in [9.17, 15) is 0 Å². The number of nitrogens with one attached hydrogen (secondary N) is 2. The first kappa shape index (κ1) is 12.1. The van der Waals surface area contributed by atoms with Crippen LogP contribution in [0.2, 0.25) is 0 Å². The van der Waals surface area contributed by atoms with Gasteiger partial charge < -0.3 is 15.7 Å². The molecule has 1 aliphatic carbocycles. The average molecular weight is 236 g/mol. The van der Waals surface area contributed by atoms with Gasteiger partial charge in [0.1, 0.15) is 5.82 Å². The van der Waals surface area contributed by atoms with Gasteiger partial charge in [-0.05, 0) is 31.6 Å². The van der Waals surface area contributed by atoms with Crippen LogP contribution in [0.25, 0.3) is 0 Å². The van der Waals surface area contributed by atoms with Crippen molar-refractivity contribution in [2.24, 2.45) is 5.41 Å². The van der Waals surface area contributed by atoms with Crippen molar-refractivity contribution in [3.8, 4) is 0 Å². The lowest BCUT2D eigenvalue weighted by Gasteiger charge is -2.16. The number of nitrogens with zero attached hydrogens (tertiary/aromatic N) is 2. The Morgan fingerprint density at radius 3 is 2.82 bits per heavy atom. The largest absolute Gasteiger partial charge is 0.396 e. The summed E-state index contributed by atoms with van der Waals surface area (Å²) in [5.41, 5.74) is 1.34. The van der Waals surface area contributed by atoms with E-state index >= 15 is 0 Å². The second-order valence-electron chi connectivity index (χ2n) is 4.80. The molecule has 3 N–H and O–H groups in total. The summed E-state index contributed by atoms with van der Waals surface area (Å²) < 4.78 is 0. The second kappa shape index (κ2) is 4.87. The summed E-state index contributed by atoms with van der Waals surface area (Å²) in [5, 5.41) is 15.3. The summed E-state index contributed by atoms with van der Waals surface area (Å²) in [6.45, 7) is 3.15. The van der Waals surface area contributed by atoms with Crippen LogP contribution in [-0.4, -0.2) is 35.3 Å². The molecule has 0 amide bonds. The zero-order valence-electron chi connectivity index (χ0n) is 10.5. The van der Waals surface area contributed by atoms with Crippen LogP contribution < -0.4 is 10.6 Å². The van der Waals surface area contributed by atoms with Crippen molar-refractivity contribution < 1.29 is 5.11 Å². The van der Waals surface area contributed by atoms with Crippen molar-refractivity contribution in [1.29, 1.82) is 0 Å². The van der Waals surface area contributed by atoms with Gasteiger partial charge in [-0.1, -0.05) is 0 Å². The lowest BCUT2D eigenvalue weighted by molar-refractivity contribution is 0.253. The molecule has 0 radical (unpaired) electrons. The van der Waals surface area contributed by atoms with E-state index in [0.717, 1.165) is 24.3 Å². The van der Waals surface area contributed by atoms with Crippen LogP contribution in [0, 0.1) is 12.3 Å². The molecule has 0 bridgehead atoms. The van der Waals surface area contributed by atoms with Gasteiger partial charge in [0.2, 0.25) is 5.95 Å². The molecule has 2 rings (SSSR count). The van der Waals surface area contributed by atoms with Gasteiger partial charge in [0.25, 0.3) is 0 Å². The molecular weight excluding hydrogens is 216 g/mol. The summed E-state index contributed by atoms with van der Waals surface area (Å²) in [5.74, 6) is 1.51. The van der Waals surface area contributed by atoms with Crippen molar-refractivity contribution in [2.75, 3.05) is 30.8 Å². The summed E-state index contributed by atoms with van der Waals surface area (Å²) in [4.78, 5) is 8.54. The van der Waals surface area contributed by atoms with E-state index in [1.54, 1.807) is 0 Å². The first-order valence-corrected chi connectivity index (χ1v) is 6.05. The minimum Gasteiger partial charge on any atom is -0.396 e. The number of anilines is 2. The number of hydrogen-bond donors (Lipinski definition) is 3. The minimum absolute atomic E-state index is 0.270. The normalized spacial score (nSPS) is 16.6. The fourth-order valence-corrected chi connectivity index (χ4v) is 1.94. The Hall–Kier alpha value is -1.36. The molecule has 0 saturated heterocycles. The van der Waals surface area contributed by atoms with E-state index in [1.807, 2.05) is 20.2 Å². The maximum atomic E-state index is 9.01. The van der Waals surface area contributed by atoms with Crippen LogP contribution >= 0.6 is 0 Å². The molecule has 1 saturated carbocycles. The molecule has 0 aromatic carbocycles. The highest BCUT2D eigenvalue weighted by Gasteiger charge is 2.41. The first-order chi connectivity index (χ1) is 8.19. The third-order valence-electron chi connectivity index (χ3n) is 3.43. The van der Waals surface area contributed by atoms with E-state index in [-0.39, 0.29) is 6.61 Å². The van der Waals surface area contributed by atoms with Crippen molar-refractivity contribution >= 4 is 11.8 Å². The van der Waals surface area contributed by atoms with Gasteiger partial charge in [0.05, 0.1) is 0 Å². The van der Waals surface area contributed by atoms with Crippen LogP contribution in [0.1, 0.15) is 24.8 Å². The minimum atomic E-state index is 0.270. The quantitative estimate of drug-likeness (QED) is 0.696. The second-order valence-corrected chi connectivity index (χ2v) is 4.80. The molecule has 1 aliphatic rings. The van der Waals surface area contributed by atoms with Crippen molar-refractivity contribution in [2.45, 2.75) is 26.2 Å². The zero-order chi connectivity index (χ0) is 12.3. The van der Waals surface area contributed by atoms with Gasteiger partial charge >= 0.3 is 0 Å². The monoisotopic (exact) mass is 236 g/mol. The number of aromatic nitrogens is 2. The summed E-state index contributed by atoms with van der Waals surface area (Å²) in [7, 11) is 1.81. The molecule has 94 valence electrons. The number of aliphatic hydroxyl groups is 1. The Balaban J connectivity index is 1.98. The molecule has 0 aliphatic heterocycles. The highest BCUT2D eigenvalue weighted by molar-refractivity contribution is 5.46. The van der Waals surface area contributed by atoms with E-state index < -0.39 is 0 Å². The molecule has 17 heavy (non-hydrogen) atoms. The maximum Gasteiger partial charge on any atom is 0.224 e. The lowest BCUT2D eigenvalue weighted by atomic mass is 10.0. The van der Waals surface area contributed by atoms with Crippen molar-refractivity contribution in [3.05, 3.63) is 11.8 Å². The predicted molar refractivity (Wildman–Crippen MR) is 68.2 cm³/mol. The van der Waals surface area contributed by atoms with Gasteiger partial charge in [-0.25, -0.2) is 4.98 Å². The molecule has 0 spiro atoms. The first-order valence-electron chi connectivity index (χ1n) is 6.05. The van der Waals surface area contributed by atoms with Gasteiger partial charge in [-0.2, -0.15) is 4.98 Å². The Labute approximate surface area is 102 Å². The van der Waals surface area contributed by atoms with Crippen LogP contribution in [-0.2, 0) is 0 Å².